The second-order valence-electron chi connectivity index (χ2n) is 12.6. The highest BCUT2D eigenvalue weighted by molar-refractivity contribution is 9.10. The number of allylic oxidation sites excluding steroid dienone is 2. The molecule has 1 atom stereocenters. The molecule has 0 aliphatic heterocycles. The first-order valence-corrected chi connectivity index (χ1v) is 17.1. The van der Waals surface area contributed by atoms with E-state index in [2.05, 4.69) is 192 Å². The van der Waals surface area contributed by atoms with Crippen molar-refractivity contribution < 1.29 is 0 Å². The lowest BCUT2D eigenvalue weighted by atomic mass is 9.67. The van der Waals surface area contributed by atoms with Crippen molar-refractivity contribution in [3.63, 3.8) is 0 Å². The van der Waals surface area contributed by atoms with Crippen LogP contribution in [-0.2, 0) is 5.41 Å². The summed E-state index contributed by atoms with van der Waals surface area (Å²) >= 11 is 3.72. The van der Waals surface area contributed by atoms with Gasteiger partial charge in [-0.2, -0.15) is 0 Å². The molecule has 0 spiro atoms. The highest BCUT2D eigenvalue weighted by Crippen LogP contribution is 2.57. The van der Waals surface area contributed by atoms with Gasteiger partial charge in [0, 0.05) is 4.47 Å². The van der Waals surface area contributed by atoms with E-state index in [1.54, 1.807) is 0 Å². The Kier molecular flexibility index (Phi) is 6.69. The van der Waals surface area contributed by atoms with Gasteiger partial charge in [0.25, 0.3) is 0 Å². The molecule has 0 bridgehead atoms. The maximum atomic E-state index is 3.72. The Labute approximate surface area is 283 Å². The highest BCUT2D eigenvalue weighted by Gasteiger charge is 2.46. The van der Waals surface area contributed by atoms with Crippen LogP contribution in [0, 0.1) is 0 Å². The van der Waals surface area contributed by atoms with Crippen molar-refractivity contribution in [2.75, 3.05) is 0 Å². The van der Waals surface area contributed by atoms with Gasteiger partial charge in [0.2, 0.25) is 0 Å². The molecule has 47 heavy (non-hydrogen) atoms. The molecule has 0 nitrogen and oxygen atoms in total. The third-order valence-electron chi connectivity index (χ3n) is 10.0. The summed E-state index contributed by atoms with van der Waals surface area (Å²) < 4.78 is 1.08. The van der Waals surface area contributed by atoms with Gasteiger partial charge in [0.15, 0.2) is 0 Å². The minimum Gasteiger partial charge on any atom is -0.0807 e. The normalized spacial score (nSPS) is 16.0. The molecule has 0 amide bonds. The maximum absolute atomic E-state index is 3.72. The molecule has 9 rings (SSSR count). The van der Waals surface area contributed by atoms with Crippen LogP contribution >= 0.6 is 15.9 Å². The van der Waals surface area contributed by atoms with Crippen LogP contribution in [0.1, 0.15) is 28.7 Å². The largest absolute Gasteiger partial charge is 0.0807 e. The summed E-state index contributed by atoms with van der Waals surface area (Å²) in [7, 11) is 0. The number of benzene rings is 7. The number of hydrogen-bond acceptors (Lipinski definition) is 0. The first-order valence-electron chi connectivity index (χ1n) is 16.3. The summed E-state index contributed by atoms with van der Waals surface area (Å²) in [6.07, 6.45) is 9.89. The molecule has 0 saturated carbocycles. The van der Waals surface area contributed by atoms with E-state index >= 15 is 0 Å². The first-order chi connectivity index (χ1) is 23.2. The Balaban J connectivity index is 1.33. The predicted molar refractivity (Wildman–Crippen MR) is 202 cm³/mol. The maximum Gasteiger partial charge on any atom is 0.0714 e. The summed E-state index contributed by atoms with van der Waals surface area (Å²) in [5.74, 6) is 0. The van der Waals surface area contributed by atoms with E-state index in [0.717, 1.165) is 10.9 Å². The fourth-order valence-corrected chi connectivity index (χ4v) is 8.02. The van der Waals surface area contributed by atoms with Gasteiger partial charge >= 0.3 is 0 Å². The van der Waals surface area contributed by atoms with Gasteiger partial charge in [-0.05, 0) is 120 Å². The molecule has 2 aliphatic carbocycles. The third-order valence-corrected chi connectivity index (χ3v) is 10.5. The second kappa shape index (κ2) is 11.2. The van der Waals surface area contributed by atoms with Crippen LogP contribution in [0.3, 0.4) is 0 Å². The van der Waals surface area contributed by atoms with E-state index in [1.807, 2.05) is 0 Å². The summed E-state index contributed by atoms with van der Waals surface area (Å²) in [5, 5.41) is 5.08. The summed E-state index contributed by atoms with van der Waals surface area (Å²) in [4.78, 5) is 0. The van der Waals surface area contributed by atoms with E-state index in [9.17, 15) is 0 Å². The van der Waals surface area contributed by atoms with Crippen LogP contribution in [0.4, 0.5) is 0 Å². The predicted octanol–water partition coefficient (Wildman–Crippen LogP) is 10.8. The molecule has 1 heteroatoms. The van der Waals surface area contributed by atoms with Crippen molar-refractivity contribution in [1.82, 2.24) is 0 Å². The molecule has 0 radical (unpaired) electrons. The summed E-state index contributed by atoms with van der Waals surface area (Å²) in [6.45, 7) is 0. The SMILES string of the molecule is Brc1ccc(C2(c3ccccc3)c3cc(-c4ccc5c(c4)=CC=CCC=5)ccc3-c3ccc(-c4ccc5ccccc5c4)cc32)cc1. The highest BCUT2D eigenvalue weighted by atomic mass is 79.9. The van der Waals surface area contributed by atoms with Crippen molar-refractivity contribution in [3.05, 3.63) is 201 Å². The Morgan fingerprint density at radius 3 is 1.81 bits per heavy atom. The molecule has 7 aromatic rings. The monoisotopic (exact) mass is 662 g/mol. The molecular weight excluding hydrogens is 632 g/mol. The Morgan fingerprint density at radius 2 is 1.06 bits per heavy atom. The summed E-state index contributed by atoms with van der Waals surface area (Å²) in [6, 6.07) is 56.6. The van der Waals surface area contributed by atoms with Gasteiger partial charge in [-0.1, -0.05) is 155 Å². The quantitative estimate of drug-likeness (QED) is 0.176. The van der Waals surface area contributed by atoms with Crippen LogP contribution in [-0.4, -0.2) is 0 Å². The van der Waals surface area contributed by atoms with Crippen LogP contribution < -0.4 is 10.4 Å². The molecule has 0 heterocycles. The smallest absolute Gasteiger partial charge is 0.0714 e. The summed E-state index contributed by atoms with van der Waals surface area (Å²) in [5.41, 5.74) is 12.2. The Hall–Kier alpha value is -5.24. The molecule has 0 aromatic heterocycles. The average molecular weight is 664 g/mol. The topological polar surface area (TPSA) is 0 Å². The molecule has 7 aromatic carbocycles. The number of halogens is 1. The van der Waals surface area contributed by atoms with E-state index < -0.39 is 5.41 Å². The molecule has 0 saturated heterocycles. The lowest BCUT2D eigenvalue weighted by molar-refractivity contribution is 0.769. The molecule has 0 fully saturated rings. The van der Waals surface area contributed by atoms with Crippen LogP contribution in [0.5, 0.6) is 0 Å². The second-order valence-corrected chi connectivity index (χ2v) is 13.5. The zero-order chi connectivity index (χ0) is 31.4. The zero-order valence-corrected chi connectivity index (χ0v) is 27.4. The van der Waals surface area contributed by atoms with Crippen molar-refractivity contribution in [2.24, 2.45) is 0 Å². The fraction of sp³-hybridized carbons (Fsp3) is 0.0435. The van der Waals surface area contributed by atoms with Gasteiger partial charge in [0.05, 0.1) is 5.41 Å². The number of rotatable bonds is 4. The minimum absolute atomic E-state index is 0.496. The van der Waals surface area contributed by atoms with Gasteiger partial charge in [-0.3, -0.25) is 0 Å². The third kappa shape index (κ3) is 4.57. The average Bonchev–Trinajstić information content (AvgIpc) is 3.23. The molecule has 0 N–H and O–H groups in total. The van der Waals surface area contributed by atoms with Crippen LogP contribution in [0.2, 0.25) is 0 Å². The van der Waals surface area contributed by atoms with E-state index in [4.69, 9.17) is 0 Å². The Morgan fingerprint density at radius 1 is 0.468 bits per heavy atom. The van der Waals surface area contributed by atoms with Crippen molar-refractivity contribution >= 4 is 38.9 Å². The molecule has 222 valence electrons. The fourth-order valence-electron chi connectivity index (χ4n) is 7.76. The standard InChI is InChI=1S/C46H31Br/c47-41-23-21-40(22-24-41)46(39-13-5-2-6-14-39)44-29-37(35-17-15-31-9-3-1-4-11-33(31)27-35)19-25-42(44)43-26-20-38(30-45(43)46)36-18-16-32-10-7-8-12-34(32)28-36/h1-2,4-30H,3H2. The van der Waals surface area contributed by atoms with Crippen molar-refractivity contribution in [2.45, 2.75) is 11.8 Å². The minimum atomic E-state index is -0.496. The first kappa shape index (κ1) is 28.0. The lowest BCUT2D eigenvalue weighted by Crippen LogP contribution is -2.28. The van der Waals surface area contributed by atoms with E-state index in [1.165, 1.54) is 76.8 Å². The van der Waals surface area contributed by atoms with E-state index in [0.29, 0.717) is 0 Å². The van der Waals surface area contributed by atoms with Gasteiger partial charge in [-0.15, -0.1) is 0 Å². The molecule has 2 aliphatic rings. The van der Waals surface area contributed by atoms with Gasteiger partial charge in [0.1, 0.15) is 0 Å². The Bertz CT molecular complexity index is 2490. The number of hydrogen-bond donors (Lipinski definition) is 0. The lowest BCUT2D eigenvalue weighted by Gasteiger charge is -2.34. The molecule has 1 unspecified atom stereocenters. The number of fused-ring (bicyclic) bond motifs is 5. The van der Waals surface area contributed by atoms with Crippen molar-refractivity contribution in [3.8, 4) is 33.4 Å². The van der Waals surface area contributed by atoms with Gasteiger partial charge in [-0.25, -0.2) is 0 Å². The van der Waals surface area contributed by atoms with Crippen molar-refractivity contribution in [1.29, 1.82) is 0 Å². The zero-order valence-electron chi connectivity index (χ0n) is 25.8. The van der Waals surface area contributed by atoms with Crippen LogP contribution in [0.25, 0.3) is 56.3 Å². The van der Waals surface area contributed by atoms with Gasteiger partial charge < -0.3 is 0 Å². The molecular formula is C46H31Br. The van der Waals surface area contributed by atoms with E-state index in [-0.39, 0.29) is 0 Å². The van der Waals surface area contributed by atoms with Crippen LogP contribution in [0.15, 0.2) is 168 Å².